The van der Waals surface area contributed by atoms with Gasteiger partial charge in [0.2, 0.25) is 0 Å². The molecule has 0 atom stereocenters. The van der Waals surface area contributed by atoms with Gasteiger partial charge in [-0.15, -0.1) is 0 Å². The van der Waals surface area contributed by atoms with Crippen molar-refractivity contribution in [3.8, 4) is 6.07 Å². The SMILES string of the molecule is COC1(C)CCN(c2c(C#N)c(=O)[nH]c3ccc(C4(O)CCC4)cc23)CC1. The van der Waals surface area contributed by atoms with Gasteiger partial charge < -0.3 is 19.7 Å². The molecule has 6 heteroatoms. The van der Waals surface area contributed by atoms with E-state index < -0.39 is 5.60 Å². The molecule has 27 heavy (non-hydrogen) atoms. The second-order valence-corrected chi connectivity index (χ2v) is 8.08. The summed E-state index contributed by atoms with van der Waals surface area (Å²) >= 11 is 0. The van der Waals surface area contributed by atoms with E-state index in [9.17, 15) is 15.2 Å². The number of hydrogen-bond donors (Lipinski definition) is 2. The minimum atomic E-state index is -0.787. The van der Waals surface area contributed by atoms with Crippen LogP contribution in [-0.4, -0.2) is 35.9 Å². The Balaban J connectivity index is 1.85. The van der Waals surface area contributed by atoms with Gasteiger partial charge in [-0.1, -0.05) is 6.07 Å². The van der Waals surface area contributed by atoms with Crippen LogP contribution in [0.25, 0.3) is 10.9 Å². The van der Waals surface area contributed by atoms with Crippen LogP contribution >= 0.6 is 0 Å². The third-order valence-electron chi connectivity index (χ3n) is 6.45. The van der Waals surface area contributed by atoms with Crippen molar-refractivity contribution in [3.63, 3.8) is 0 Å². The Morgan fingerprint density at radius 3 is 2.52 bits per heavy atom. The summed E-state index contributed by atoms with van der Waals surface area (Å²) in [6.07, 6.45) is 4.16. The standard InChI is InChI=1S/C21H25N3O3/c1-20(27-2)8-10-24(11-9-20)18-15-12-14(21(26)6-3-7-21)4-5-17(15)23-19(25)16(18)13-22/h4-5,12,26H,3,6-11H2,1-2H3,(H,23,25). The van der Waals surface area contributed by atoms with Crippen molar-refractivity contribution in [1.82, 2.24) is 4.98 Å². The van der Waals surface area contributed by atoms with Crippen LogP contribution in [0.15, 0.2) is 23.0 Å². The fourth-order valence-corrected chi connectivity index (χ4v) is 4.21. The molecule has 1 saturated carbocycles. The number of nitriles is 1. The van der Waals surface area contributed by atoms with Crippen LogP contribution in [0.4, 0.5) is 5.69 Å². The topological polar surface area (TPSA) is 89.4 Å². The first kappa shape index (κ1) is 18.0. The van der Waals surface area contributed by atoms with Gasteiger partial charge in [0.1, 0.15) is 11.6 Å². The highest BCUT2D eigenvalue weighted by Gasteiger charge is 2.37. The molecule has 1 aromatic carbocycles. The first-order valence-electron chi connectivity index (χ1n) is 9.52. The molecule has 1 saturated heterocycles. The normalized spacial score (nSPS) is 20.9. The lowest BCUT2D eigenvalue weighted by molar-refractivity contribution is -0.0386. The van der Waals surface area contributed by atoms with E-state index in [1.165, 1.54) is 0 Å². The molecule has 2 N–H and O–H groups in total. The number of nitrogens with zero attached hydrogens (tertiary/aromatic N) is 2. The lowest BCUT2D eigenvalue weighted by Crippen LogP contribution is -2.44. The molecule has 6 nitrogen and oxygen atoms in total. The molecule has 1 aromatic heterocycles. The molecule has 0 spiro atoms. The molecule has 4 rings (SSSR count). The smallest absolute Gasteiger partial charge is 0.268 e. The minimum Gasteiger partial charge on any atom is -0.385 e. The van der Waals surface area contributed by atoms with E-state index >= 15 is 0 Å². The second-order valence-electron chi connectivity index (χ2n) is 8.08. The monoisotopic (exact) mass is 367 g/mol. The molecule has 142 valence electrons. The van der Waals surface area contributed by atoms with Crippen LogP contribution in [0.1, 0.15) is 50.2 Å². The summed E-state index contributed by atoms with van der Waals surface area (Å²) in [7, 11) is 1.73. The molecule has 2 fully saturated rings. The number of ether oxygens (including phenoxy) is 1. The highest BCUT2D eigenvalue weighted by Crippen LogP contribution is 2.43. The summed E-state index contributed by atoms with van der Waals surface area (Å²) in [5.74, 6) is 0. The van der Waals surface area contributed by atoms with Gasteiger partial charge in [0, 0.05) is 25.6 Å². The van der Waals surface area contributed by atoms with Crippen molar-refractivity contribution < 1.29 is 9.84 Å². The Morgan fingerprint density at radius 2 is 1.96 bits per heavy atom. The lowest BCUT2D eigenvalue weighted by Gasteiger charge is -2.40. The van der Waals surface area contributed by atoms with E-state index in [0.29, 0.717) is 24.3 Å². The van der Waals surface area contributed by atoms with E-state index in [0.717, 1.165) is 43.1 Å². The zero-order valence-electron chi connectivity index (χ0n) is 15.8. The first-order chi connectivity index (χ1) is 12.9. The Labute approximate surface area is 158 Å². The number of piperidine rings is 1. The summed E-state index contributed by atoms with van der Waals surface area (Å²) in [5.41, 5.74) is 1.05. The molecule has 1 aliphatic carbocycles. The quantitative estimate of drug-likeness (QED) is 0.871. The van der Waals surface area contributed by atoms with Gasteiger partial charge in [-0.2, -0.15) is 5.26 Å². The molecular weight excluding hydrogens is 342 g/mol. The Bertz CT molecular complexity index is 977. The number of nitrogens with one attached hydrogen (secondary N) is 1. The van der Waals surface area contributed by atoms with Crippen molar-refractivity contribution in [1.29, 1.82) is 5.26 Å². The van der Waals surface area contributed by atoms with Crippen LogP contribution in [0, 0.1) is 11.3 Å². The number of anilines is 1. The molecule has 2 aliphatic rings. The van der Waals surface area contributed by atoms with Gasteiger partial charge in [0.15, 0.2) is 0 Å². The molecule has 2 aromatic rings. The molecular formula is C21H25N3O3. The van der Waals surface area contributed by atoms with Crippen LogP contribution in [-0.2, 0) is 10.3 Å². The minimum absolute atomic E-state index is 0.140. The summed E-state index contributed by atoms with van der Waals surface area (Å²) in [4.78, 5) is 17.4. The predicted molar refractivity (Wildman–Crippen MR) is 104 cm³/mol. The van der Waals surface area contributed by atoms with E-state index in [1.807, 2.05) is 18.2 Å². The van der Waals surface area contributed by atoms with Gasteiger partial charge >= 0.3 is 0 Å². The van der Waals surface area contributed by atoms with Gasteiger partial charge in [0.05, 0.1) is 22.4 Å². The van der Waals surface area contributed by atoms with E-state index in [4.69, 9.17) is 4.74 Å². The maximum atomic E-state index is 12.5. The number of benzene rings is 1. The third kappa shape index (κ3) is 2.91. The number of hydrogen-bond acceptors (Lipinski definition) is 5. The van der Waals surface area contributed by atoms with Crippen molar-refractivity contribution >= 4 is 16.6 Å². The highest BCUT2D eigenvalue weighted by molar-refractivity contribution is 5.95. The largest absolute Gasteiger partial charge is 0.385 e. The maximum Gasteiger partial charge on any atom is 0.268 e. The number of pyridine rings is 1. The molecule has 2 heterocycles. The predicted octanol–water partition coefficient (Wildman–Crippen LogP) is 2.78. The van der Waals surface area contributed by atoms with Gasteiger partial charge in [0.25, 0.3) is 5.56 Å². The number of fused-ring (bicyclic) bond motifs is 1. The number of aromatic nitrogens is 1. The lowest BCUT2D eigenvalue weighted by atomic mass is 9.75. The number of methoxy groups -OCH3 is 1. The Morgan fingerprint density at radius 1 is 1.26 bits per heavy atom. The third-order valence-corrected chi connectivity index (χ3v) is 6.45. The fraction of sp³-hybridized carbons (Fsp3) is 0.524. The van der Waals surface area contributed by atoms with Crippen molar-refractivity contribution in [2.45, 2.75) is 50.2 Å². The van der Waals surface area contributed by atoms with E-state index in [-0.39, 0.29) is 16.7 Å². The molecule has 1 aliphatic heterocycles. The fourth-order valence-electron chi connectivity index (χ4n) is 4.21. The summed E-state index contributed by atoms with van der Waals surface area (Å²) in [6, 6.07) is 7.77. The number of aromatic amines is 1. The van der Waals surface area contributed by atoms with Crippen LogP contribution in [0.3, 0.4) is 0 Å². The maximum absolute atomic E-state index is 12.5. The number of rotatable bonds is 3. The Hall–Kier alpha value is -2.36. The molecule has 0 amide bonds. The van der Waals surface area contributed by atoms with Gasteiger partial charge in [-0.25, -0.2) is 0 Å². The van der Waals surface area contributed by atoms with Crippen molar-refractivity contribution in [3.05, 3.63) is 39.7 Å². The molecule has 0 bridgehead atoms. The summed E-state index contributed by atoms with van der Waals surface area (Å²) in [5, 5.41) is 21.2. The van der Waals surface area contributed by atoms with E-state index in [1.54, 1.807) is 7.11 Å². The molecule has 0 unspecified atom stereocenters. The average molecular weight is 367 g/mol. The number of H-pyrrole nitrogens is 1. The highest BCUT2D eigenvalue weighted by atomic mass is 16.5. The van der Waals surface area contributed by atoms with Crippen molar-refractivity contribution in [2.75, 3.05) is 25.1 Å². The van der Waals surface area contributed by atoms with E-state index in [2.05, 4.69) is 22.9 Å². The average Bonchev–Trinajstić information content (AvgIpc) is 2.65. The molecule has 0 radical (unpaired) electrons. The zero-order chi connectivity index (χ0) is 19.2. The second kappa shape index (κ2) is 6.36. The summed E-state index contributed by atoms with van der Waals surface area (Å²) < 4.78 is 5.62. The number of aliphatic hydroxyl groups is 1. The zero-order valence-corrected chi connectivity index (χ0v) is 15.8. The van der Waals surface area contributed by atoms with Crippen LogP contribution in [0.5, 0.6) is 0 Å². The van der Waals surface area contributed by atoms with Crippen molar-refractivity contribution in [2.24, 2.45) is 0 Å². The Kier molecular flexibility index (Phi) is 4.25. The van der Waals surface area contributed by atoms with Gasteiger partial charge in [-0.05, 0) is 56.7 Å². The van der Waals surface area contributed by atoms with Crippen LogP contribution in [0.2, 0.25) is 0 Å². The summed E-state index contributed by atoms with van der Waals surface area (Å²) in [6.45, 7) is 3.52. The van der Waals surface area contributed by atoms with Gasteiger partial charge in [-0.3, -0.25) is 4.79 Å². The first-order valence-corrected chi connectivity index (χ1v) is 9.52. The van der Waals surface area contributed by atoms with Crippen LogP contribution < -0.4 is 10.5 Å².